The number of fused-ring (bicyclic) bond motifs is 2. The molecule has 10 heteroatoms. The van der Waals surface area contributed by atoms with Crippen LogP contribution in [-0.2, 0) is 9.47 Å². The molecule has 2 aliphatic heterocycles. The maximum atomic E-state index is 12.4. The molecule has 0 radical (unpaired) electrons. The molecule has 0 atom stereocenters. The lowest BCUT2D eigenvalue weighted by Gasteiger charge is -2.36. The third-order valence-corrected chi connectivity index (χ3v) is 7.04. The van der Waals surface area contributed by atoms with Crippen LogP contribution in [0.15, 0.2) is 30.3 Å². The van der Waals surface area contributed by atoms with Gasteiger partial charge in [-0.25, -0.2) is 9.78 Å². The molecule has 2 aliphatic rings. The van der Waals surface area contributed by atoms with Crippen molar-refractivity contribution in [2.45, 2.75) is 26.4 Å². The Morgan fingerprint density at radius 1 is 1.11 bits per heavy atom. The molecule has 1 amide bonds. The number of para-hydroxylation sites is 1. The van der Waals surface area contributed by atoms with Crippen LogP contribution in [0.25, 0.3) is 21.9 Å². The first kappa shape index (κ1) is 23.8. The van der Waals surface area contributed by atoms with Crippen molar-refractivity contribution in [2.75, 3.05) is 44.5 Å². The predicted molar refractivity (Wildman–Crippen MR) is 138 cm³/mol. The van der Waals surface area contributed by atoms with E-state index in [1.807, 2.05) is 57.2 Å². The standard InChI is InChI=1S/C25H27ClN4O4S/c1-25(2,3)34-24(31)30-11-9-29(10-12-30)20-8-7-16-13-17(14-32-15-33-22(16)27-20)23-28-21-18(26)5-4-6-19(21)35-23/h4-8,13H,9-12,14-15H2,1-3H3/b17-13+. The first-order valence-corrected chi connectivity index (χ1v) is 12.7. The Morgan fingerprint density at radius 2 is 1.91 bits per heavy atom. The fourth-order valence-corrected chi connectivity index (χ4v) is 5.21. The van der Waals surface area contributed by atoms with E-state index < -0.39 is 5.60 Å². The van der Waals surface area contributed by atoms with Crippen LogP contribution in [0.4, 0.5) is 10.6 Å². The molecular formula is C25H27ClN4O4S. The highest BCUT2D eigenvalue weighted by molar-refractivity contribution is 7.19. The Balaban J connectivity index is 1.34. The molecule has 1 fully saturated rings. The Morgan fingerprint density at radius 3 is 2.66 bits per heavy atom. The third-order valence-electron chi connectivity index (χ3n) is 5.64. The number of carbonyl (C=O) groups is 1. The van der Waals surface area contributed by atoms with Gasteiger partial charge in [-0.1, -0.05) is 17.7 Å². The topological polar surface area (TPSA) is 77.0 Å². The van der Waals surface area contributed by atoms with Gasteiger partial charge in [0.1, 0.15) is 21.9 Å². The summed E-state index contributed by atoms with van der Waals surface area (Å²) in [4.78, 5) is 25.7. The van der Waals surface area contributed by atoms with Gasteiger partial charge in [-0.05, 0) is 51.1 Å². The summed E-state index contributed by atoms with van der Waals surface area (Å²) in [5.74, 6) is 1.31. The van der Waals surface area contributed by atoms with Crippen molar-refractivity contribution in [3.63, 3.8) is 0 Å². The van der Waals surface area contributed by atoms with Gasteiger partial charge in [-0.2, -0.15) is 4.98 Å². The average Bonchev–Trinajstić information content (AvgIpc) is 3.24. The highest BCUT2D eigenvalue weighted by Gasteiger charge is 2.27. The minimum absolute atomic E-state index is 0.0961. The number of benzene rings is 1. The SMILES string of the molecule is CC(C)(C)OC(=O)N1CCN(c2ccc3c(n2)OCOC/C(c2nc4c(Cl)cccc4s2)=C\3)CC1. The number of halogens is 1. The highest BCUT2D eigenvalue weighted by Crippen LogP contribution is 2.34. The zero-order chi connectivity index (χ0) is 24.6. The second-order valence-electron chi connectivity index (χ2n) is 9.40. The van der Waals surface area contributed by atoms with Crippen LogP contribution in [-0.4, -0.2) is 66.1 Å². The maximum absolute atomic E-state index is 12.4. The lowest BCUT2D eigenvalue weighted by atomic mass is 10.1. The van der Waals surface area contributed by atoms with Crippen LogP contribution in [0.1, 0.15) is 31.3 Å². The average molecular weight is 515 g/mol. The molecule has 0 spiro atoms. The Bertz CT molecular complexity index is 1280. The minimum Gasteiger partial charge on any atom is -0.450 e. The van der Waals surface area contributed by atoms with Gasteiger partial charge in [0, 0.05) is 37.3 Å². The number of ether oxygens (including phenoxy) is 3. The number of thiazole rings is 1. The van der Waals surface area contributed by atoms with Crippen molar-refractivity contribution in [1.82, 2.24) is 14.9 Å². The number of nitrogens with zero attached hydrogens (tertiary/aromatic N) is 4. The molecule has 8 nitrogen and oxygen atoms in total. The second-order valence-corrected chi connectivity index (χ2v) is 10.8. The van der Waals surface area contributed by atoms with Crippen LogP contribution in [0.5, 0.6) is 5.88 Å². The largest absolute Gasteiger partial charge is 0.450 e. The summed E-state index contributed by atoms with van der Waals surface area (Å²) in [7, 11) is 0. The molecule has 4 heterocycles. The van der Waals surface area contributed by atoms with Gasteiger partial charge in [0.05, 0.1) is 16.3 Å². The molecular weight excluding hydrogens is 488 g/mol. The Kier molecular flexibility index (Phi) is 6.57. The van der Waals surface area contributed by atoms with Crippen LogP contribution >= 0.6 is 22.9 Å². The van der Waals surface area contributed by atoms with Gasteiger partial charge in [-0.15, -0.1) is 11.3 Å². The fourth-order valence-electron chi connectivity index (χ4n) is 3.94. The maximum Gasteiger partial charge on any atom is 0.410 e. The fraction of sp³-hybridized carbons (Fsp3) is 0.400. The van der Waals surface area contributed by atoms with E-state index in [-0.39, 0.29) is 12.9 Å². The van der Waals surface area contributed by atoms with Crippen molar-refractivity contribution < 1.29 is 19.0 Å². The molecule has 35 heavy (non-hydrogen) atoms. The summed E-state index contributed by atoms with van der Waals surface area (Å²) in [6.45, 7) is 8.56. The van der Waals surface area contributed by atoms with Gasteiger partial charge < -0.3 is 24.0 Å². The predicted octanol–water partition coefficient (Wildman–Crippen LogP) is 5.31. The molecule has 5 rings (SSSR count). The van der Waals surface area contributed by atoms with Crippen molar-refractivity contribution in [3.05, 3.63) is 45.9 Å². The van der Waals surface area contributed by atoms with E-state index in [4.69, 9.17) is 35.8 Å². The van der Waals surface area contributed by atoms with Crippen molar-refractivity contribution in [2.24, 2.45) is 0 Å². The van der Waals surface area contributed by atoms with E-state index in [0.29, 0.717) is 43.7 Å². The molecule has 0 bridgehead atoms. The molecule has 1 saturated heterocycles. The third kappa shape index (κ3) is 5.37. The number of hydrogen-bond donors (Lipinski definition) is 0. The smallest absolute Gasteiger partial charge is 0.410 e. The molecule has 0 N–H and O–H groups in total. The first-order chi connectivity index (χ1) is 16.8. The molecule has 2 aromatic heterocycles. The number of hydrogen-bond acceptors (Lipinski definition) is 8. The molecule has 184 valence electrons. The number of carbonyl (C=O) groups excluding carboxylic acids is 1. The van der Waals surface area contributed by atoms with E-state index in [1.54, 1.807) is 16.2 Å². The zero-order valence-corrected chi connectivity index (χ0v) is 21.5. The van der Waals surface area contributed by atoms with Gasteiger partial charge in [-0.3, -0.25) is 0 Å². The van der Waals surface area contributed by atoms with Crippen LogP contribution in [0.2, 0.25) is 5.02 Å². The molecule has 0 saturated carbocycles. The lowest BCUT2D eigenvalue weighted by molar-refractivity contribution is 0.0238. The zero-order valence-electron chi connectivity index (χ0n) is 19.9. The normalized spacial score (nSPS) is 18.2. The van der Waals surface area contributed by atoms with Crippen molar-refractivity contribution in [1.29, 1.82) is 0 Å². The Hall–Kier alpha value is -2.88. The molecule has 0 unspecified atom stereocenters. The van der Waals surface area contributed by atoms with Gasteiger partial charge >= 0.3 is 6.09 Å². The number of pyridine rings is 1. The number of rotatable bonds is 2. The van der Waals surface area contributed by atoms with Crippen LogP contribution < -0.4 is 9.64 Å². The molecule has 0 aliphatic carbocycles. The minimum atomic E-state index is -0.505. The lowest BCUT2D eigenvalue weighted by Crippen LogP contribution is -2.50. The van der Waals surface area contributed by atoms with E-state index in [2.05, 4.69) is 4.90 Å². The van der Waals surface area contributed by atoms with E-state index in [0.717, 1.165) is 32.2 Å². The van der Waals surface area contributed by atoms with Gasteiger partial charge in [0.2, 0.25) is 5.88 Å². The second kappa shape index (κ2) is 9.64. The quantitative estimate of drug-likeness (QED) is 0.458. The molecule has 3 aromatic rings. The number of aromatic nitrogens is 2. The summed E-state index contributed by atoms with van der Waals surface area (Å²) in [6.07, 6.45) is 1.73. The summed E-state index contributed by atoms with van der Waals surface area (Å²) in [5, 5.41) is 1.50. The number of piperazine rings is 1. The summed E-state index contributed by atoms with van der Waals surface area (Å²) < 4.78 is 18.1. The van der Waals surface area contributed by atoms with Crippen molar-refractivity contribution in [3.8, 4) is 5.88 Å². The summed E-state index contributed by atoms with van der Waals surface area (Å²) in [5.41, 5.74) is 2.11. The molecule has 1 aromatic carbocycles. The van der Waals surface area contributed by atoms with E-state index >= 15 is 0 Å². The van der Waals surface area contributed by atoms with Crippen LogP contribution in [0.3, 0.4) is 0 Å². The number of anilines is 1. The number of amides is 1. The van der Waals surface area contributed by atoms with Gasteiger partial charge in [0.15, 0.2) is 6.79 Å². The Labute approximate surface area is 213 Å². The summed E-state index contributed by atoms with van der Waals surface area (Å²) >= 11 is 7.91. The summed E-state index contributed by atoms with van der Waals surface area (Å²) in [6, 6.07) is 9.77. The van der Waals surface area contributed by atoms with Gasteiger partial charge in [0.25, 0.3) is 0 Å². The highest BCUT2D eigenvalue weighted by atomic mass is 35.5. The van der Waals surface area contributed by atoms with Crippen LogP contribution in [0, 0.1) is 0 Å². The van der Waals surface area contributed by atoms with E-state index in [9.17, 15) is 4.79 Å². The first-order valence-electron chi connectivity index (χ1n) is 11.5. The van der Waals surface area contributed by atoms with Crippen molar-refractivity contribution >= 4 is 56.7 Å². The van der Waals surface area contributed by atoms with E-state index in [1.165, 1.54) is 0 Å². The monoisotopic (exact) mass is 514 g/mol.